The number of rotatable bonds is 13. The first-order valence-corrected chi connectivity index (χ1v) is 7.97. The lowest BCUT2D eigenvalue weighted by molar-refractivity contribution is -0.128. The highest BCUT2D eigenvalue weighted by atomic mass is 16.7. The molecule has 0 rings (SSSR count). The molecule has 0 saturated carbocycles. The van der Waals surface area contributed by atoms with Gasteiger partial charge in [0.25, 0.3) is 0 Å². The summed E-state index contributed by atoms with van der Waals surface area (Å²) in [6, 6.07) is 0. The Labute approximate surface area is 119 Å². The third-order valence-corrected chi connectivity index (χ3v) is 3.43. The summed E-state index contributed by atoms with van der Waals surface area (Å²) in [7, 11) is 0. The maximum atomic E-state index is 10.2. The van der Waals surface area contributed by atoms with Crippen molar-refractivity contribution in [2.24, 2.45) is 0 Å². The molecule has 116 valence electrons. The average Bonchev–Trinajstić information content (AvgIpc) is 2.34. The van der Waals surface area contributed by atoms with Crippen LogP contribution in [0.5, 0.6) is 0 Å². The van der Waals surface area contributed by atoms with Gasteiger partial charge in [0.05, 0.1) is 5.60 Å². The van der Waals surface area contributed by atoms with Gasteiger partial charge < -0.3 is 14.6 Å². The Balaban J connectivity index is 3.47. The first kappa shape index (κ1) is 18.9. The second kappa shape index (κ2) is 11.7. The maximum absolute atomic E-state index is 10.2. The van der Waals surface area contributed by atoms with Crippen molar-refractivity contribution in [1.29, 1.82) is 0 Å². The molecule has 0 aromatic heterocycles. The highest BCUT2D eigenvalue weighted by Gasteiger charge is 2.18. The lowest BCUT2D eigenvalue weighted by Gasteiger charge is -2.23. The smallest absolute Gasteiger partial charge is 0.154 e. The molecule has 3 heteroatoms. The number of hydrogen-bond donors (Lipinski definition) is 1. The summed E-state index contributed by atoms with van der Waals surface area (Å²) in [6.45, 7) is 9.47. The van der Waals surface area contributed by atoms with E-state index in [0.717, 1.165) is 32.1 Å². The fourth-order valence-electron chi connectivity index (χ4n) is 2.20. The van der Waals surface area contributed by atoms with E-state index in [2.05, 4.69) is 6.92 Å². The summed E-state index contributed by atoms with van der Waals surface area (Å²) in [5, 5.41) is 10.2. The molecule has 0 fully saturated rings. The van der Waals surface area contributed by atoms with E-state index in [0.29, 0.717) is 13.2 Å². The molecule has 0 radical (unpaired) electrons. The molecule has 0 aromatic rings. The normalized spacial score (nSPS) is 16.3. The van der Waals surface area contributed by atoms with Gasteiger partial charge in [0, 0.05) is 13.2 Å². The minimum absolute atomic E-state index is 0.112. The number of aliphatic hydroxyl groups is 1. The van der Waals surface area contributed by atoms with E-state index >= 15 is 0 Å². The van der Waals surface area contributed by atoms with Gasteiger partial charge in [0.1, 0.15) is 0 Å². The molecule has 0 aliphatic rings. The fourth-order valence-corrected chi connectivity index (χ4v) is 2.20. The number of unbranched alkanes of at least 4 members (excludes halogenated alkanes) is 4. The van der Waals surface area contributed by atoms with E-state index in [1.54, 1.807) is 0 Å². The van der Waals surface area contributed by atoms with Crippen molar-refractivity contribution >= 4 is 0 Å². The van der Waals surface area contributed by atoms with Crippen molar-refractivity contribution in [2.75, 3.05) is 13.2 Å². The second-order valence-corrected chi connectivity index (χ2v) is 5.66. The van der Waals surface area contributed by atoms with Crippen LogP contribution in [0.4, 0.5) is 0 Å². The van der Waals surface area contributed by atoms with E-state index in [1.165, 1.54) is 19.3 Å². The summed E-state index contributed by atoms with van der Waals surface area (Å²) >= 11 is 0. The van der Waals surface area contributed by atoms with E-state index in [-0.39, 0.29) is 6.29 Å². The first-order chi connectivity index (χ1) is 9.02. The molecule has 0 unspecified atom stereocenters. The Kier molecular flexibility index (Phi) is 11.6. The molecule has 0 bridgehead atoms. The lowest BCUT2D eigenvalue weighted by atomic mass is 9.92. The zero-order valence-corrected chi connectivity index (χ0v) is 13.4. The molecular weight excluding hydrogens is 240 g/mol. The second-order valence-electron chi connectivity index (χ2n) is 5.66. The molecule has 0 aliphatic heterocycles. The summed E-state index contributed by atoms with van der Waals surface area (Å²) in [6.07, 6.45) is 8.58. The molecule has 3 nitrogen and oxygen atoms in total. The Morgan fingerprint density at radius 1 is 0.947 bits per heavy atom. The zero-order valence-electron chi connectivity index (χ0n) is 13.4. The Morgan fingerprint density at radius 2 is 1.58 bits per heavy atom. The van der Waals surface area contributed by atoms with Crippen molar-refractivity contribution < 1.29 is 14.6 Å². The molecule has 0 spiro atoms. The van der Waals surface area contributed by atoms with Crippen LogP contribution in [0.25, 0.3) is 0 Å². The van der Waals surface area contributed by atoms with Crippen molar-refractivity contribution in [3.63, 3.8) is 0 Å². The summed E-state index contributed by atoms with van der Waals surface area (Å²) in [5.74, 6) is 0. The minimum Gasteiger partial charge on any atom is -0.390 e. The molecule has 0 saturated heterocycles. The van der Waals surface area contributed by atoms with Crippen molar-refractivity contribution in [3.05, 3.63) is 0 Å². The summed E-state index contributed by atoms with van der Waals surface area (Å²) in [4.78, 5) is 0. The molecule has 0 aromatic carbocycles. The zero-order chi connectivity index (χ0) is 14.6. The van der Waals surface area contributed by atoms with Crippen LogP contribution in [0.1, 0.15) is 79.1 Å². The highest BCUT2D eigenvalue weighted by molar-refractivity contribution is 4.72. The minimum atomic E-state index is -0.501. The molecule has 0 aliphatic carbocycles. The van der Waals surface area contributed by atoms with Gasteiger partial charge in [-0.2, -0.15) is 0 Å². The van der Waals surface area contributed by atoms with Crippen LogP contribution in [0.15, 0.2) is 0 Å². The van der Waals surface area contributed by atoms with E-state index in [9.17, 15) is 5.11 Å². The van der Waals surface area contributed by atoms with Crippen molar-refractivity contribution in [1.82, 2.24) is 0 Å². The average molecular weight is 274 g/mol. The van der Waals surface area contributed by atoms with Gasteiger partial charge in [-0.1, -0.05) is 32.6 Å². The van der Waals surface area contributed by atoms with Crippen LogP contribution in [0.3, 0.4) is 0 Å². The van der Waals surface area contributed by atoms with Gasteiger partial charge in [-0.25, -0.2) is 0 Å². The van der Waals surface area contributed by atoms with Crippen LogP contribution in [-0.2, 0) is 9.47 Å². The van der Waals surface area contributed by atoms with E-state index < -0.39 is 5.60 Å². The monoisotopic (exact) mass is 274 g/mol. The van der Waals surface area contributed by atoms with E-state index in [1.807, 2.05) is 20.8 Å². The van der Waals surface area contributed by atoms with Crippen LogP contribution < -0.4 is 0 Å². The predicted octanol–water partition coefficient (Wildman–Crippen LogP) is 4.28. The molecule has 19 heavy (non-hydrogen) atoms. The van der Waals surface area contributed by atoms with Gasteiger partial charge in [-0.3, -0.25) is 0 Å². The predicted molar refractivity (Wildman–Crippen MR) is 80.3 cm³/mol. The third kappa shape index (κ3) is 12.6. The first-order valence-electron chi connectivity index (χ1n) is 7.97. The fraction of sp³-hybridized carbons (Fsp3) is 1.00. The van der Waals surface area contributed by atoms with Crippen LogP contribution in [0.2, 0.25) is 0 Å². The lowest BCUT2D eigenvalue weighted by Crippen LogP contribution is -2.24. The molecule has 1 N–H and O–H groups in total. The van der Waals surface area contributed by atoms with Gasteiger partial charge >= 0.3 is 0 Å². The molecular formula is C16H34O3. The number of hydrogen-bond acceptors (Lipinski definition) is 3. The van der Waals surface area contributed by atoms with Crippen molar-refractivity contribution in [3.8, 4) is 0 Å². The molecule has 0 amide bonds. The number of ether oxygens (including phenoxy) is 2. The Hall–Kier alpha value is -0.120. The quantitative estimate of drug-likeness (QED) is 0.402. The van der Waals surface area contributed by atoms with Gasteiger partial charge in [0.2, 0.25) is 0 Å². The Bertz CT molecular complexity index is 192. The van der Waals surface area contributed by atoms with Crippen molar-refractivity contribution in [2.45, 2.75) is 91.0 Å². The Morgan fingerprint density at radius 3 is 2.16 bits per heavy atom. The SMILES string of the molecule is CCCCCC[C@](C)(O)CCCCO[C@H](C)OCC. The van der Waals surface area contributed by atoms with Gasteiger partial charge in [0.15, 0.2) is 6.29 Å². The topological polar surface area (TPSA) is 38.7 Å². The third-order valence-electron chi connectivity index (χ3n) is 3.43. The summed E-state index contributed by atoms with van der Waals surface area (Å²) < 4.78 is 10.8. The maximum Gasteiger partial charge on any atom is 0.154 e. The van der Waals surface area contributed by atoms with Crippen LogP contribution in [-0.4, -0.2) is 30.2 Å². The van der Waals surface area contributed by atoms with E-state index in [4.69, 9.17) is 9.47 Å². The highest BCUT2D eigenvalue weighted by Crippen LogP contribution is 2.21. The van der Waals surface area contributed by atoms with Gasteiger partial charge in [-0.05, 0) is 46.5 Å². The van der Waals surface area contributed by atoms with Crippen LogP contribution >= 0.6 is 0 Å². The standard InChI is InChI=1S/C16H34O3/c1-5-7-8-9-12-16(4,17)13-10-11-14-19-15(3)18-6-2/h15,17H,5-14H2,1-4H3/t15-,16+/m1/s1. The molecule has 0 heterocycles. The van der Waals surface area contributed by atoms with Gasteiger partial charge in [-0.15, -0.1) is 0 Å². The largest absolute Gasteiger partial charge is 0.390 e. The molecule has 2 atom stereocenters. The summed E-state index contributed by atoms with van der Waals surface area (Å²) in [5.41, 5.74) is -0.501. The van der Waals surface area contributed by atoms with Crippen LogP contribution in [0, 0.1) is 0 Å².